The van der Waals surface area contributed by atoms with Gasteiger partial charge in [-0.1, -0.05) is 30.3 Å². The van der Waals surface area contributed by atoms with Gasteiger partial charge >= 0.3 is 0 Å². The van der Waals surface area contributed by atoms with Crippen LogP contribution in [0.15, 0.2) is 30.3 Å². The van der Waals surface area contributed by atoms with Gasteiger partial charge in [0.25, 0.3) is 0 Å². The van der Waals surface area contributed by atoms with Crippen LogP contribution in [0.5, 0.6) is 0 Å². The molecule has 0 heterocycles. The Morgan fingerprint density at radius 3 is 2.62 bits per heavy atom. The molecule has 0 radical (unpaired) electrons. The van der Waals surface area contributed by atoms with Crippen LogP contribution in [0.25, 0.3) is 0 Å². The minimum Gasteiger partial charge on any atom is -0.391 e. The summed E-state index contributed by atoms with van der Waals surface area (Å²) in [5.74, 6) is 0. The average molecular weight is 224 g/mol. The van der Waals surface area contributed by atoms with Crippen LogP contribution in [-0.2, 0) is 15.9 Å². The van der Waals surface area contributed by atoms with Gasteiger partial charge in [-0.15, -0.1) is 0 Å². The van der Waals surface area contributed by atoms with Crippen LogP contribution >= 0.6 is 0 Å². The van der Waals surface area contributed by atoms with E-state index in [1.54, 1.807) is 7.11 Å². The Labute approximate surface area is 97.0 Å². The van der Waals surface area contributed by atoms with Crippen molar-refractivity contribution in [2.24, 2.45) is 0 Å². The predicted octanol–water partition coefficient (Wildman–Crippen LogP) is 1.64. The summed E-state index contributed by atoms with van der Waals surface area (Å²) in [5, 5.41) is 9.64. The van der Waals surface area contributed by atoms with Crippen molar-refractivity contribution in [1.82, 2.24) is 0 Å². The normalized spacial score (nSPS) is 12.6. The Morgan fingerprint density at radius 1 is 1.19 bits per heavy atom. The van der Waals surface area contributed by atoms with Crippen molar-refractivity contribution < 1.29 is 14.6 Å². The summed E-state index contributed by atoms with van der Waals surface area (Å²) in [5.41, 5.74) is 1.25. The first-order valence-corrected chi connectivity index (χ1v) is 5.61. The van der Waals surface area contributed by atoms with E-state index in [2.05, 4.69) is 12.1 Å². The van der Waals surface area contributed by atoms with Crippen molar-refractivity contribution in [2.45, 2.75) is 18.9 Å². The van der Waals surface area contributed by atoms with Gasteiger partial charge in [0, 0.05) is 7.11 Å². The molecule has 1 rings (SSSR count). The lowest BCUT2D eigenvalue weighted by Gasteiger charge is -2.10. The number of rotatable bonds is 8. The molecule has 0 aliphatic carbocycles. The molecule has 1 N–H and O–H groups in total. The van der Waals surface area contributed by atoms with E-state index in [1.807, 2.05) is 18.2 Å². The van der Waals surface area contributed by atoms with Crippen molar-refractivity contribution in [3.05, 3.63) is 35.9 Å². The number of hydrogen-bond acceptors (Lipinski definition) is 3. The van der Waals surface area contributed by atoms with Crippen molar-refractivity contribution in [3.8, 4) is 0 Å². The van der Waals surface area contributed by atoms with Gasteiger partial charge < -0.3 is 14.6 Å². The second-order valence-corrected chi connectivity index (χ2v) is 3.75. The summed E-state index contributed by atoms with van der Waals surface area (Å²) >= 11 is 0. The summed E-state index contributed by atoms with van der Waals surface area (Å²) in [7, 11) is 1.63. The van der Waals surface area contributed by atoms with Crippen LogP contribution in [-0.4, -0.2) is 38.1 Å². The minimum atomic E-state index is -0.392. The van der Waals surface area contributed by atoms with Crippen LogP contribution < -0.4 is 0 Å². The predicted molar refractivity (Wildman–Crippen MR) is 63.5 cm³/mol. The maximum atomic E-state index is 9.64. The maximum absolute atomic E-state index is 9.64. The zero-order valence-electron chi connectivity index (χ0n) is 9.76. The van der Waals surface area contributed by atoms with Crippen molar-refractivity contribution in [3.63, 3.8) is 0 Å². The molecule has 1 aromatic carbocycles. The lowest BCUT2D eigenvalue weighted by Crippen LogP contribution is -2.17. The average Bonchev–Trinajstić information content (AvgIpc) is 2.33. The minimum absolute atomic E-state index is 0.385. The van der Waals surface area contributed by atoms with Crippen molar-refractivity contribution in [2.75, 3.05) is 26.9 Å². The Balaban J connectivity index is 2.08. The number of ether oxygens (including phenoxy) is 2. The van der Waals surface area contributed by atoms with Crippen LogP contribution in [0, 0.1) is 0 Å². The van der Waals surface area contributed by atoms with E-state index < -0.39 is 6.10 Å². The van der Waals surface area contributed by atoms with Crippen LogP contribution in [0.1, 0.15) is 12.0 Å². The maximum Gasteiger partial charge on any atom is 0.0776 e. The first kappa shape index (κ1) is 13.2. The molecule has 1 aromatic rings. The number of aliphatic hydroxyl groups excluding tert-OH is 1. The zero-order valence-corrected chi connectivity index (χ0v) is 9.76. The number of aliphatic hydroxyl groups is 1. The van der Waals surface area contributed by atoms with E-state index in [0.29, 0.717) is 19.8 Å². The highest BCUT2D eigenvalue weighted by Gasteiger charge is 2.04. The molecule has 3 nitrogen and oxygen atoms in total. The third-order valence-corrected chi connectivity index (χ3v) is 2.35. The lowest BCUT2D eigenvalue weighted by atomic mass is 10.1. The zero-order chi connectivity index (χ0) is 11.6. The highest BCUT2D eigenvalue weighted by atomic mass is 16.5. The van der Waals surface area contributed by atoms with Gasteiger partial charge in [-0.25, -0.2) is 0 Å². The molecule has 1 atom stereocenters. The van der Waals surface area contributed by atoms with Gasteiger partial charge in [0.05, 0.1) is 25.9 Å². The molecule has 0 saturated carbocycles. The molecular weight excluding hydrogens is 204 g/mol. The van der Waals surface area contributed by atoms with E-state index in [0.717, 1.165) is 12.8 Å². The molecular formula is C13H20O3. The van der Waals surface area contributed by atoms with Gasteiger partial charge in [-0.2, -0.15) is 0 Å². The number of methoxy groups -OCH3 is 1. The van der Waals surface area contributed by atoms with E-state index in [4.69, 9.17) is 9.47 Å². The van der Waals surface area contributed by atoms with Crippen molar-refractivity contribution >= 4 is 0 Å². The Morgan fingerprint density at radius 2 is 1.94 bits per heavy atom. The quantitative estimate of drug-likeness (QED) is 0.682. The Kier molecular flexibility index (Phi) is 6.81. The van der Waals surface area contributed by atoms with Gasteiger partial charge in [-0.3, -0.25) is 0 Å². The molecule has 0 saturated heterocycles. The van der Waals surface area contributed by atoms with Crippen LogP contribution in [0.4, 0.5) is 0 Å². The van der Waals surface area contributed by atoms with Crippen molar-refractivity contribution in [1.29, 1.82) is 0 Å². The summed E-state index contributed by atoms with van der Waals surface area (Å²) in [6.45, 7) is 1.50. The van der Waals surface area contributed by atoms with Crippen LogP contribution in [0.2, 0.25) is 0 Å². The first-order valence-electron chi connectivity index (χ1n) is 5.61. The molecule has 16 heavy (non-hydrogen) atoms. The SMILES string of the molecule is COCCOCC(O)CCc1ccccc1. The second kappa shape index (κ2) is 8.28. The molecule has 0 aliphatic heterocycles. The fourth-order valence-electron chi connectivity index (χ4n) is 1.42. The summed E-state index contributed by atoms with van der Waals surface area (Å²) < 4.78 is 10.1. The van der Waals surface area contributed by atoms with Gasteiger partial charge in [0.1, 0.15) is 0 Å². The highest BCUT2D eigenvalue weighted by molar-refractivity contribution is 5.14. The molecule has 0 spiro atoms. The fourth-order valence-corrected chi connectivity index (χ4v) is 1.42. The van der Waals surface area contributed by atoms with E-state index in [9.17, 15) is 5.11 Å². The molecule has 1 unspecified atom stereocenters. The smallest absolute Gasteiger partial charge is 0.0776 e. The topological polar surface area (TPSA) is 38.7 Å². The largest absolute Gasteiger partial charge is 0.391 e. The molecule has 3 heteroatoms. The number of benzene rings is 1. The third-order valence-electron chi connectivity index (χ3n) is 2.35. The fraction of sp³-hybridized carbons (Fsp3) is 0.538. The standard InChI is InChI=1S/C13H20O3/c1-15-9-10-16-11-13(14)8-7-12-5-3-2-4-6-12/h2-6,13-14H,7-11H2,1H3. The summed E-state index contributed by atoms with van der Waals surface area (Å²) in [6, 6.07) is 10.2. The van der Waals surface area contributed by atoms with E-state index >= 15 is 0 Å². The van der Waals surface area contributed by atoms with E-state index in [1.165, 1.54) is 5.56 Å². The molecule has 0 amide bonds. The van der Waals surface area contributed by atoms with Gasteiger partial charge in [0.2, 0.25) is 0 Å². The molecule has 0 aromatic heterocycles. The number of hydrogen-bond donors (Lipinski definition) is 1. The van der Waals surface area contributed by atoms with Crippen LogP contribution in [0.3, 0.4) is 0 Å². The third kappa shape index (κ3) is 5.85. The number of aryl methyl sites for hydroxylation is 1. The first-order chi connectivity index (χ1) is 7.83. The molecule has 0 aliphatic rings. The second-order valence-electron chi connectivity index (χ2n) is 3.75. The molecule has 0 fully saturated rings. The summed E-state index contributed by atoms with van der Waals surface area (Å²) in [4.78, 5) is 0. The highest BCUT2D eigenvalue weighted by Crippen LogP contribution is 2.05. The van der Waals surface area contributed by atoms with Gasteiger partial charge in [0.15, 0.2) is 0 Å². The lowest BCUT2D eigenvalue weighted by molar-refractivity contribution is 0.0106. The molecule has 90 valence electrons. The Hall–Kier alpha value is -0.900. The molecule has 0 bridgehead atoms. The monoisotopic (exact) mass is 224 g/mol. The van der Waals surface area contributed by atoms with E-state index in [-0.39, 0.29) is 0 Å². The summed E-state index contributed by atoms with van der Waals surface area (Å²) in [6.07, 6.45) is 1.23. The van der Waals surface area contributed by atoms with Gasteiger partial charge in [-0.05, 0) is 18.4 Å². The Bertz CT molecular complexity index is 261.